The number of nitrogens with one attached hydrogen (secondary N) is 2. The minimum atomic E-state index is -1.74. The minimum Gasteiger partial charge on any atom is -0.463 e. The third-order valence-corrected chi connectivity index (χ3v) is 6.67. The summed E-state index contributed by atoms with van der Waals surface area (Å²) in [6.07, 6.45) is -14.2. The van der Waals surface area contributed by atoms with Crippen molar-refractivity contribution in [2.24, 2.45) is 4.99 Å². The third kappa shape index (κ3) is 13.3. The van der Waals surface area contributed by atoms with Crippen molar-refractivity contribution in [2.45, 2.75) is 117 Å². The third-order valence-electron chi connectivity index (χ3n) is 6.67. The van der Waals surface area contributed by atoms with Crippen molar-refractivity contribution in [3.8, 4) is 6.19 Å². The second-order valence-corrected chi connectivity index (χ2v) is 11.1. The Hall–Kier alpha value is -5.56. The molecule has 2 saturated heterocycles. The fourth-order valence-corrected chi connectivity index (χ4v) is 5.07. The molecule has 0 amide bonds. The quantitative estimate of drug-likeness (QED) is 0.0554. The Balaban J connectivity index is 2.74. The summed E-state index contributed by atoms with van der Waals surface area (Å²) in [4.78, 5) is 101. The Bertz CT molecular complexity index is 1440. The van der Waals surface area contributed by atoms with Crippen molar-refractivity contribution >= 4 is 53.7 Å². The second-order valence-electron chi connectivity index (χ2n) is 11.1. The van der Waals surface area contributed by atoms with E-state index < -0.39 is 128 Å². The number of nitriles is 1. The van der Waals surface area contributed by atoms with E-state index in [1.54, 1.807) is 6.19 Å². The van der Waals surface area contributed by atoms with Gasteiger partial charge in [-0.1, -0.05) is 0 Å². The molecule has 0 spiro atoms. The second kappa shape index (κ2) is 19.7. The molecule has 2 aliphatic heterocycles. The smallest absolute Gasteiger partial charge is 0.303 e. The molecule has 2 N–H and O–H groups in total. The number of rotatable bonds is 12. The molecule has 0 aromatic carbocycles. The van der Waals surface area contributed by atoms with Crippen molar-refractivity contribution < 1.29 is 85.7 Å². The van der Waals surface area contributed by atoms with Crippen LogP contribution < -0.4 is 10.6 Å². The first-order chi connectivity index (χ1) is 24.3. The van der Waals surface area contributed by atoms with Crippen LogP contribution in [0.1, 0.15) is 55.4 Å². The van der Waals surface area contributed by atoms with Crippen molar-refractivity contribution in [1.29, 1.82) is 5.26 Å². The number of aliphatic imine (C=N–C) groups is 1. The van der Waals surface area contributed by atoms with E-state index in [1.165, 1.54) is 0 Å². The summed E-state index contributed by atoms with van der Waals surface area (Å²) in [5, 5.41) is 14.5. The molecule has 2 fully saturated rings. The topological polar surface area (TPSA) is 289 Å². The van der Waals surface area contributed by atoms with E-state index in [0.717, 1.165) is 55.4 Å². The molecule has 2 heterocycles. The van der Waals surface area contributed by atoms with E-state index in [9.17, 15) is 43.6 Å². The monoisotopic (exact) mass is 744 g/mol. The molecule has 0 aliphatic carbocycles. The minimum absolute atomic E-state index is 0.565. The normalized spacial score (nSPS) is 28.3. The molecule has 0 radical (unpaired) electrons. The Morgan fingerprint density at radius 3 is 1.31 bits per heavy atom. The van der Waals surface area contributed by atoms with Gasteiger partial charge in [-0.2, -0.15) is 5.26 Å². The zero-order valence-corrected chi connectivity index (χ0v) is 29.4. The van der Waals surface area contributed by atoms with Gasteiger partial charge in [0.05, 0.1) is 0 Å². The van der Waals surface area contributed by atoms with E-state index in [4.69, 9.17) is 47.4 Å². The van der Waals surface area contributed by atoms with Crippen LogP contribution in [0.3, 0.4) is 0 Å². The van der Waals surface area contributed by atoms with Crippen molar-refractivity contribution in [3.63, 3.8) is 0 Å². The molecule has 2 rings (SSSR count). The fraction of sp³-hybridized carbons (Fsp3) is 0.667. The highest BCUT2D eigenvalue weighted by Crippen LogP contribution is 2.31. The molecule has 52 heavy (non-hydrogen) atoms. The first kappa shape index (κ1) is 42.6. The number of guanidine groups is 1. The summed E-state index contributed by atoms with van der Waals surface area (Å²) in [7, 11) is 0. The number of nitrogens with zero attached hydrogens (tertiary/aromatic N) is 2. The number of ether oxygens (including phenoxy) is 10. The molecule has 22 heteroatoms. The Kier molecular flexibility index (Phi) is 16.2. The highest BCUT2D eigenvalue weighted by molar-refractivity contribution is 5.82. The van der Waals surface area contributed by atoms with Crippen LogP contribution in [0.15, 0.2) is 4.99 Å². The maximum atomic E-state index is 12.3. The lowest BCUT2D eigenvalue weighted by Gasteiger charge is -2.45. The van der Waals surface area contributed by atoms with E-state index in [0.29, 0.717) is 0 Å². The van der Waals surface area contributed by atoms with Crippen molar-refractivity contribution in [1.82, 2.24) is 10.6 Å². The maximum absolute atomic E-state index is 12.3. The average Bonchev–Trinajstić information content (AvgIpc) is 2.99. The lowest BCUT2D eigenvalue weighted by Crippen LogP contribution is -2.67. The van der Waals surface area contributed by atoms with Gasteiger partial charge in [0.15, 0.2) is 55.3 Å². The molecule has 10 atom stereocenters. The van der Waals surface area contributed by atoms with Crippen LogP contribution in [-0.2, 0) is 85.7 Å². The first-order valence-corrected chi connectivity index (χ1v) is 15.4. The van der Waals surface area contributed by atoms with Gasteiger partial charge in [-0.3, -0.25) is 43.7 Å². The van der Waals surface area contributed by atoms with Crippen LogP contribution in [0.2, 0.25) is 0 Å². The number of hydrogen-bond donors (Lipinski definition) is 2. The van der Waals surface area contributed by atoms with Gasteiger partial charge in [0, 0.05) is 55.4 Å². The molecule has 2 aliphatic rings. The Morgan fingerprint density at radius 2 is 0.904 bits per heavy atom. The predicted molar refractivity (Wildman–Crippen MR) is 163 cm³/mol. The summed E-state index contributed by atoms with van der Waals surface area (Å²) < 4.78 is 54.3. The summed E-state index contributed by atoms with van der Waals surface area (Å²) in [5.41, 5.74) is 0. The highest BCUT2D eigenvalue weighted by atomic mass is 16.7. The first-order valence-electron chi connectivity index (χ1n) is 15.4. The van der Waals surface area contributed by atoms with Crippen molar-refractivity contribution in [3.05, 3.63) is 0 Å². The molecule has 288 valence electrons. The van der Waals surface area contributed by atoms with Crippen molar-refractivity contribution in [2.75, 3.05) is 13.2 Å². The SMILES string of the molecule is CC(=O)OC[C@H]1O[C@@H](/N=C(\NC#N)N[C@@H]2O[C@H](COC(C)=O)[C@@H](OC(C)=O)[C@H](OC(C)=O)[C@H]2OC(C)=O)[C@H](OC(C)=O)[C@@H](OC(C)=O)[C@@H]1OC(C)=O. The Labute approximate surface area is 296 Å². The lowest BCUT2D eigenvalue weighted by atomic mass is 9.97. The zero-order chi connectivity index (χ0) is 39.3. The molecule has 22 nitrogen and oxygen atoms in total. The van der Waals surface area contributed by atoms with Crippen LogP contribution in [0, 0.1) is 11.5 Å². The van der Waals surface area contributed by atoms with Gasteiger partial charge < -0.3 is 52.7 Å². The van der Waals surface area contributed by atoms with Crippen LogP contribution in [0.5, 0.6) is 0 Å². The molecule has 0 aromatic rings. The van der Waals surface area contributed by atoms with Crippen LogP contribution in [0.4, 0.5) is 0 Å². The fourth-order valence-electron chi connectivity index (χ4n) is 5.07. The van der Waals surface area contributed by atoms with E-state index in [-0.39, 0.29) is 0 Å². The molecule has 0 saturated carbocycles. The number of carbonyl (C=O) groups excluding carboxylic acids is 8. The van der Waals surface area contributed by atoms with Gasteiger partial charge in [0.25, 0.3) is 0 Å². The van der Waals surface area contributed by atoms with Gasteiger partial charge in [0.1, 0.15) is 25.4 Å². The van der Waals surface area contributed by atoms with Crippen LogP contribution >= 0.6 is 0 Å². The summed E-state index contributed by atoms with van der Waals surface area (Å²) in [5.74, 6) is -7.54. The van der Waals surface area contributed by atoms with Crippen LogP contribution in [0.25, 0.3) is 0 Å². The molecule has 0 aromatic heterocycles. The van der Waals surface area contributed by atoms with Gasteiger partial charge in [-0.25, -0.2) is 4.99 Å². The zero-order valence-electron chi connectivity index (χ0n) is 29.4. The summed E-state index contributed by atoms with van der Waals surface area (Å²) in [6, 6.07) is 0. The van der Waals surface area contributed by atoms with Gasteiger partial charge in [-0.05, 0) is 0 Å². The average molecular weight is 745 g/mol. The van der Waals surface area contributed by atoms with E-state index in [1.807, 2.05) is 0 Å². The number of hydrogen-bond acceptors (Lipinski definition) is 20. The Morgan fingerprint density at radius 1 is 0.538 bits per heavy atom. The summed E-state index contributed by atoms with van der Waals surface area (Å²) in [6.45, 7) is 7.11. The van der Waals surface area contributed by atoms with Gasteiger partial charge in [0.2, 0.25) is 5.96 Å². The van der Waals surface area contributed by atoms with E-state index >= 15 is 0 Å². The largest absolute Gasteiger partial charge is 0.463 e. The number of esters is 8. The lowest BCUT2D eigenvalue weighted by molar-refractivity contribution is -0.255. The van der Waals surface area contributed by atoms with E-state index in [2.05, 4.69) is 15.6 Å². The highest BCUT2D eigenvalue weighted by Gasteiger charge is 2.54. The number of carbonyl (C=O) groups is 8. The maximum Gasteiger partial charge on any atom is 0.303 e. The van der Waals surface area contributed by atoms with Gasteiger partial charge >= 0.3 is 47.8 Å². The van der Waals surface area contributed by atoms with Gasteiger partial charge in [-0.15, -0.1) is 0 Å². The molecule has 0 bridgehead atoms. The molecule has 0 unspecified atom stereocenters. The summed E-state index contributed by atoms with van der Waals surface area (Å²) >= 11 is 0. The van der Waals surface area contributed by atoms with Crippen LogP contribution in [-0.4, -0.2) is 128 Å². The molecular weight excluding hydrogens is 704 g/mol. The predicted octanol–water partition coefficient (Wildman–Crippen LogP) is -1.83. The molecular formula is C30H40N4O18. The standard InChI is InChI=1S/C30H40N4O18/c1-12(35)43-9-20-22(45-14(3)37)24(47-16(5)39)26(49-18(7)41)28(51-20)33-30(32-11-31)34-29-27(50-19(8)42)25(48-17(6)40)23(46-15(4)38)21(52-29)10-44-13(2)36/h20-29H,9-10H2,1-8H3,(H2,32,33,34)/t20-,21-,22-,23-,24+,25+,26-,27-,28-,29-/m1/s1.